The first kappa shape index (κ1) is 10.8. The van der Waals surface area contributed by atoms with Gasteiger partial charge in [0.05, 0.1) is 4.92 Å². The highest BCUT2D eigenvalue weighted by Gasteiger charge is 2.24. The smallest absolute Gasteiger partial charge is 0.295 e. The van der Waals surface area contributed by atoms with Crippen LogP contribution in [0.25, 0.3) is 5.57 Å². The number of thiocarbonyl (C=S) groups is 2. The van der Waals surface area contributed by atoms with Crippen LogP contribution in [0.15, 0.2) is 24.4 Å². The third-order valence-electron chi connectivity index (χ3n) is 2.00. The summed E-state index contributed by atoms with van der Waals surface area (Å²) in [5.74, 6) is 0. The fourth-order valence-electron chi connectivity index (χ4n) is 1.34. The molecule has 0 amide bonds. The monoisotopic (exact) mass is 251 g/mol. The molecule has 0 aromatic carbocycles. The summed E-state index contributed by atoms with van der Waals surface area (Å²) >= 11 is 9.93. The van der Waals surface area contributed by atoms with E-state index in [-0.39, 0.29) is 11.4 Å². The topological polar surface area (TPSA) is 68.1 Å². The summed E-state index contributed by atoms with van der Waals surface area (Å²) < 4.78 is 0. The van der Waals surface area contributed by atoms with Crippen molar-refractivity contribution >= 4 is 45.7 Å². The molecule has 0 spiro atoms. The maximum Gasteiger partial charge on any atom is 0.295 e. The third kappa shape index (κ3) is 1.82. The first-order chi connectivity index (χ1) is 7.59. The lowest BCUT2D eigenvalue weighted by Crippen LogP contribution is -2.19. The van der Waals surface area contributed by atoms with Gasteiger partial charge in [-0.15, -0.1) is 0 Å². The lowest BCUT2D eigenvalue weighted by Gasteiger charge is -2.02. The molecule has 0 bridgehead atoms. The number of pyridine rings is 1. The SMILES string of the molecule is O=[N+]([O-])c1cccnc1C1=CC(=S)NC1=S. The molecule has 0 atom stereocenters. The van der Waals surface area contributed by atoms with Gasteiger partial charge in [-0.1, -0.05) is 24.4 Å². The van der Waals surface area contributed by atoms with Crippen molar-refractivity contribution in [2.45, 2.75) is 0 Å². The molecule has 5 nitrogen and oxygen atoms in total. The standard InChI is InChI=1S/C9H5N3O2S2/c13-12(14)6-2-1-3-10-8(6)5-4-7(15)11-9(5)16/h1-4H,(H,11,15,16). The van der Waals surface area contributed by atoms with E-state index in [1.54, 1.807) is 6.08 Å². The molecular weight excluding hydrogens is 246 g/mol. The second kappa shape index (κ2) is 4.03. The lowest BCUT2D eigenvalue weighted by atomic mass is 10.1. The third-order valence-corrected chi connectivity index (χ3v) is 2.54. The Morgan fingerprint density at radius 3 is 2.75 bits per heavy atom. The Morgan fingerprint density at radius 2 is 2.19 bits per heavy atom. The molecule has 0 saturated carbocycles. The number of aromatic nitrogens is 1. The Kier molecular flexibility index (Phi) is 2.71. The summed E-state index contributed by atoms with van der Waals surface area (Å²) in [6, 6.07) is 2.89. The summed E-state index contributed by atoms with van der Waals surface area (Å²) in [6.45, 7) is 0. The van der Waals surface area contributed by atoms with Crippen LogP contribution in [0.2, 0.25) is 0 Å². The minimum atomic E-state index is -0.493. The van der Waals surface area contributed by atoms with Crippen molar-refractivity contribution in [3.8, 4) is 0 Å². The molecule has 1 aliphatic rings. The van der Waals surface area contributed by atoms with Crippen molar-refractivity contribution in [2.75, 3.05) is 0 Å². The zero-order valence-corrected chi connectivity index (χ0v) is 9.47. The van der Waals surface area contributed by atoms with Crippen LogP contribution in [0.5, 0.6) is 0 Å². The number of nitro groups is 1. The van der Waals surface area contributed by atoms with Gasteiger partial charge >= 0.3 is 0 Å². The minimum absolute atomic E-state index is 0.0809. The molecule has 2 rings (SSSR count). The predicted molar refractivity (Wildman–Crippen MR) is 67.2 cm³/mol. The van der Waals surface area contributed by atoms with Gasteiger partial charge in [0.1, 0.15) is 9.98 Å². The van der Waals surface area contributed by atoms with E-state index in [0.717, 1.165) is 0 Å². The molecule has 1 N–H and O–H groups in total. The minimum Gasteiger partial charge on any atom is -0.337 e. The Hall–Kier alpha value is -1.73. The van der Waals surface area contributed by atoms with E-state index in [2.05, 4.69) is 10.3 Å². The molecule has 1 aromatic rings. The fourth-order valence-corrected chi connectivity index (χ4v) is 1.89. The van der Waals surface area contributed by atoms with Gasteiger partial charge in [0, 0.05) is 17.8 Å². The molecule has 2 heterocycles. The molecule has 0 unspecified atom stereocenters. The first-order valence-electron chi connectivity index (χ1n) is 4.26. The van der Waals surface area contributed by atoms with Crippen LogP contribution in [0.1, 0.15) is 5.69 Å². The van der Waals surface area contributed by atoms with Crippen LogP contribution < -0.4 is 5.32 Å². The van der Waals surface area contributed by atoms with Crippen LogP contribution in [-0.4, -0.2) is 19.9 Å². The van der Waals surface area contributed by atoms with Crippen molar-refractivity contribution in [3.63, 3.8) is 0 Å². The molecular formula is C9H5N3O2S2. The molecule has 0 saturated heterocycles. The van der Waals surface area contributed by atoms with E-state index < -0.39 is 4.92 Å². The average molecular weight is 251 g/mol. The van der Waals surface area contributed by atoms with Crippen LogP contribution in [0.4, 0.5) is 5.69 Å². The predicted octanol–water partition coefficient (Wildman–Crippen LogP) is 1.63. The Morgan fingerprint density at radius 1 is 1.44 bits per heavy atom. The quantitative estimate of drug-likeness (QED) is 0.489. The zero-order valence-electron chi connectivity index (χ0n) is 7.84. The van der Waals surface area contributed by atoms with E-state index >= 15 is 0 Å². The lowest BCUT2D eigenvalue weighted by molar-refractivity contribution is -0.385. The van der Waals surface area contributed by atoms with Crippen LogP contribution in [0, 0.1) is 10.1 Å². The second-order valence-corrected chi connectivity index (χ2v) is 3.85. The maximum absolute atomic E-state index is 10.8. The van der Waals surface area contributed by atoms with E-state index in [1.807, 2.05) is 0 Å². The van der Waals surface area contributed by atoms with E-state index in [4.69, 9.17) is 24.4 Å². The Balaban J connectivity index is 2.57. The van der Waals surface area contributed by atoms with Crippen molar-refractivity contribution in [2.24, 2.45) is 0 Å². The summed E-state index contributed by atoms with van der Waals surface area (Å²) in [5.41, 5.74) is 0.653. The van der Waals surface area contributed by atoms with Crippen molar-refractivity contribution in [1.82, 2.24) is 10.3 Å². The molecule has 1 aromatic heterocycles. The molecule has 0 aliphatic carbocycles. The summed E-state index contributed by atoms with van der Waals surface area (Å²) in [7, 11) is 0. The van der Waals surface area contributed by atoms with Gasteiger partial charge < -0.3 is 5.32 Å². The van der Waals surface area contributed by atoms with Crippen molar-refractivity contribution in [3.05, 3.63) is 40.2 Å². The number of nitrogens with one attached hydrogen (secondary N) is 1. The highest BCUT2D eigenvalue weighted by molar-refractivity contribution is 7.83. The summed E-state index contributed by atoms with van der Waals surface area (Å²) in [4.78, 5) is 15.1. The second-order valence-electron chi connectivity index (χ2n) is 3.00. The van der Waals surface area contributed by atoms with Crippen LogP contribution in [0.3, 0.4) is 0 Å². The van der Waals surface area contributed by atoms with E-state index in [0.29, 0.717) is 15.6 Å². The van der Waals surface area contributed by atoms with E-state index in [1.165, 1.54) is 18.3 Å². The molecule has 80 valence electrons. The Bertz CT molecular complexity index is 539. The largest absolute Gasteiger partial charge is 0.337 e. The molecule has 1 aliphatic heterocycles. The molecule has 0 radical (unpaired) electrons. The number of rotatable bonds is 2. The van der Waals surface area contributed by atoms with Gasteiger partial charge in [0.15, 0.2) is 5.69 Å². The highest BCUT2D eigenvalue weighted by Crippen LogP contribution is 2.26. The maximum atomic E-state index is 10.8. The molecule has 0 fully saturated rings. The zero-order chi connectivity index (χ0) is 11.7. The van der Waals surface area contributed by atoms with Gasteiger partial charge in [0.2, 0.25) is 0 Å². The average Bonchev–Trinajstić information content (AvgIpc) is 2.57. The normalized spacial score (nSPS) is 14.6. The number of hydrogen-bond donors (Lipinski definition) is 1. The van der Waals surface area contributed by atoms with Crippen LogP contribution in [-0.2, 0) is 0 Å². The van der Waals surface area contributed by atoms with Gasteiger partial charge in [-0.2, -0.15) is 0 Å². The van der Waals surface area contributed by atoms with Gasteiger partial charge in [-0.05, 0) is 12.1 Å². The van der Waals surface area contributed by atoms with Crippen LogP contribution >= 0.6 is 24.4 Å². The summed E-state index contributed by atoms with van der Waals surface area (Å²) in [6.07, 6.45) is 3.06. The first-order valence-corrected chi connectivity index (χ1v) is 5.08. The highest BCUT2D eigenvalue weighted by atomic mass is 32.1. The molecule has 7 heteroatoms. The summed E-state index contributed by atoms with van der Waals surface area (Å²) in [5, 5.41) is 13.5. The number of hydrogen-bond acceptors (Lipinski definition) is 5. The van der Waals surface area contributed by atoms with Gasteiger partial charge in [-0.3, -0.25) is 10.1 Å². The van der Waals surface area contributed by atoms with Crippen molar-refractivity contribution in [1.29, 1.82) is 0 Å². The van der Waals surface area contributed by atoms with Crippen molar-refractivity contribution < 1.29 is 4.92 Å². The van der Waals surface area contributed by atoms with Gasteiger partial charge in [0.25, 0.3) is 5.69 Å². The number of nitrogens with zero attached hydrogens (tertiary/aromatic N) is 2. The Labute approximate surface area is 101 Å². The van der Waals surface area contributed by atoms with E-state index in [9.17, 15) is 10.1 Å². The van der Waals surface area contributed by atoms with Gasteiger partial charge in [-0.25, -0.2) is 4.98 Å². The fraction of sp³-hybridized carbons (Fsp3) is 0. The molecule has 16 heavy (non-hydrogen) atoms.